The second-order valence-corrected chi connectivity index (χ2v) is 6.90. The predicted molar refractivity (Wildman–Crippen MR) is 101 cm³/mol. The first-order valence-corrected chi connectivity index (χ1v) is 9.18. The lowest BCUT2D eigenvalue weighted by atomic mass is 10.1. The van der Waals surface area contributed by atoms with Crippen molar-refractivity contribution < 1.29 is 14.0 Å². The summed E-state index contributed by atoms with van der Waals surface area (Å²) in [4.78, 5) is 27.6. The number of nitrogens with zero attached hydrogens (tertiary/aromatic N) is 4. The van der Waals surface area contributed by atoms with Crippen molar-refractivity contribution in [2.24, 2.45) is 0 Å². The molecule has 1 aromatic heterocycles. The Balaban J connectivity index is 1.28. The van der Waals surface area contributed by atoms with Gasteiger partial charge in [-0.05, 0) is 36.2 Å². The van der Waals surface area contributed by atoms with Crippen LogP contribution in [0, 0.1) is 5.82 Å². The van der Waals surface area contributed by atoms with Crippen LogP contribution in [-0.4, -0.2) is 50.8 Å². The molecule has 1 aliphatic heterocycles. The minimum atomic E-state index is -0.275. The predicted octanol–water partition coefficient (Wildman–Crippen LogP) is 1.53. The molecule has 3 aromatic rings. The molecule has 1 N–H and O–H groups in total. The van der Waals surface area contributed by atoms with Gasteiger partial charge in [-0.15, -0.1) is 0 Å². The van der Waals surface area contributed by atoms with E-state index >= 15 is 0 Å². The summed E-state index contributed by atoms with van der Waals surface area (Å²) in [5.74, 6) is -0.489. The van der Waals surface area contributed by atoms with Crippen LogP contribution in [-0.2, 0) is 22.6 Å². The molecule has 8 heteroatoms. The first-order chi connectivity index (χ1) is 13.6. The number of rotatable bonds is 6. The maximum absolute atomic E-state index is 13.0. The van der Waals surface area contributed by atoms with Gasteiger partial charge in [-0.3, -0.25) is 9.59 Å². The molecule has 0 radical (unpaired) electrons. The molecular weight excluding hydrogens is 361 g/mol. The number of fused-ring (bicyclic) bond motifs is 1. The number of aromatic nitrogens is 3. The van der Waals surface area contributed by atoms with E-state index in [1.807, 2.05) is 24.3 Å². The SMILES string of the molecule is O=C(Cn1nc2ccccc2n1)N[C@H]1CC(=O)N(CCc2ccc(F)cc2)C1. The molecular formula is C20H20FN5O2. The number of nitrogens with one attached hydrogen (secondary N) is 1. The van der Waals surface area contributed by atoms with E-state index in [-0.39, 0.29) is 36.6 Å². The summed E-state index contributed by atoms with van der Waals surface area (Å²) in [5, 5.41) is 11.4. The summed E-state index contributed by atoms with van der Waals surface area (Å²) in [7, 11) is 0. The van der Waals surface area contributed by atoms with Gasteiger partial charge in [0.2, 0.25) is 11.8 Å². The largest absolute Gasteiger partial charge is 0.349 e. The Hall–Kier alpha value is -3.29. The maximum Gasteiger partial charge on any atom is 0.243 e. The van der Waals surface area contributed by atoms with Gasteiger partial charge < -0.3 is 10.2 Å². The van der Waals surface area contributed by atoms with E-state index in [4.69, 9.17) is 0 Å². The quantitative estimate of drug-likeness (QED) is 0.702. The van der Waals surface area contributed by atoms with E-state index in [2.05, 4.69) is 15.5 Å². The summed E-state index contributed by atoms with van der Waals surface area (Å²) >= 11 is 0. The van der Waals surface area contributed by atoms with Crippen molar-refractivity contribution in [3.05, 3.63) is 59.9 Å². The highest BCUT2D eigenvalue weighted by atomic mass is 19.1. The van der Waals surface area contributed by atoms with Crippen LogP contribution in [0.5, 0.6) is 0 Å². The molecule has 2 aromatic carbocycles. The molecule has 2 amide bonds. The van der Waals surface area contributed by atoms with Crippen molar-refractivity contribution in [1.29, 1.82) is 0 Å². The van der Waals surface area contributed by atoms with Crippen molar-refractivity contribution in [3.8, 4) is 0 Å². The van der Waals surface area contributed by atoms with Crippen molar-refractivity contribution in [2.75, 3.05) is 13.1 Å². The zero-order valence-electron chi connectivity index (χ0n) is 15.2. The van der Waals surface area contributed by atoms with Crippen LogP contribution in [0.25, 0.3) is 11.0 Å². The fraction of sp³-hybridized carbons (Fsp3) is 0.300. The molecule has 1 atom stereocenters. The number of hydrogen-bond acceptors (Lipinski definition) is 4. The highest BCUT2D eigenvalue weighted by molar-refractivity contribution is 5.82. The van der Waals surface area contributed by atoms with Gasteiger partial charge in [0.1, 0.15) is 23.4 Å². The van der Waals surface area contributed by atoms with Crippen molar-refractivity contribution in [1.82, 2.24) is 25.2 Å². The van der Waals surface area contributed by atoms with E-state index in [1.54, 1.807) is 17.0 Å². The van der Waals surface area contributed by atoms with Gasteiger partial charge in [-0.25, -0.2) is 4.39 Å². The molecule has 2 heterocycles. The van der Waals surface area contributed by atoms with Crippen LogP contribution in [0.4, 0.5) is 4.39 Å². The van der Waals surface area contributed by atoms with E-state index in [1.165, 1.54) is 16.9 Å². The van der Waals surface area contributed by atoms with E-state index in [0.717, 1.165) is 16.6 Å². The van der Waals surface area contributed by atoms with E-state index < -0.39 is 0 Å². The second-order valence-electron chi connectivity index (χ2n) is 6.90. The Morgan fingerprint density at radius 3 is 2.46 bits per heavy atom. The summed E-state index contributed by atoms with van der Waals surface area (Å²) in [6, 6.07) is 13.5. The molecule has 0 unspecified atom stereocenters. The standard InChI is InChI=1S/C20H20FN5O2/c21-15-7-5-14(6-8-15)9-10-25-12-16(11-20(25)28)22-19(27)13-26-23-17-3-1-2-4-18(17)24-26/h1-8,16H,9-13H2,(H,22,27)/t16-/m0/s1. The Kier molecular flexibility index (Phi) is 5.01. The minimum absolute atomic E-state index is 0.00888. The number of halogens is 1. The van der Waals surface area contributed by atoms with Gasteiger partial charge in [0.25, 0.3) is 0 Å². The highest BCUT2D eigenvalue weighted by Gasteiger charge is 2.30. The average Bonchev–Trinajstić information content (AvgIpc) is 3.23. The number of carbonyl (C=O) groups excluding carboxylic acids is 2. The van der Waals surface area contributed by atoms with Crippen LogP contribution in [0.3, 0.4) is 0 Å². The van der Waals surface area contributed by atoms with Crippen molar-refractivity contribution in [3.63, 3.8) is 0 Å². The van der Waals surface area contributed by atoms with Gasteiger partial charge in [-0.1, -0.05) is 24.3 Å². The average molecular weight is 381 g/mol. The molecule has 28 heavy (non-hydrogen) atoms. The molecule has 4 rings (SSSR count). The topological polar surface area (TPSA) is 80.1 Å². The molecule has 1 saturated heterocycles. The molecule has 0 saturated carbocycles. The lowest BCUT2D eigenvalue weighted by molar-refractivity contribution is -0.127. The van der Waals surface area contributed by atoms with Gasteiger partial charge in [0.15, 0.2) is 0 Å². The number of benzene rings is 2. The summed E-state index contributed by atoms with van der Waals surface area (Å²) in [6.45, 7) is 1.03. The lowest BCUT2D eigenvalue weighted by Crippen LogP contribution is -2.39. The first kappa shape index (κ1) is 18.1. The van der Waals surface area contributed by atoms with Crippen LogP contribution >= 0.6 is 0 Å². The van der Waals surface area contributed by atoms with Crippen LogP contribution in [0.1, 0.15) is 12.0 Å². The number of carbonyl (C=O) groups is 2. The summed E-state index contributed by atoms with van der Waals surface area (Å²) in [6.07, 6.45) is 0.931. The third-order valence-corrected chi connectivity index (χ3v) is 4.78. The summed E-state index contributed by atoms with van der Waals surface area (Å²) < 4.78 is 13.0. The Morgan fingerprint density at radius 1 is 1.11 bits per heavy atom. The Labute approximate surface area is 161 Å². The zero-order chi connectivity index (χ0) is 19.5. The lowest BCUT2D eigenvalue weighted by Gasteiger charge is -2.17. The smallest absolute Gasteiger partial charge is 0.243 e. The molecule has 0 spiro atoms. The van der Waals surface area contributed by atoms with Crippen molar-refractivity contribution in [2.45, 2.75) is 25.4 Å². The summed E-state index contributed by atoms with van der Waals surface area (Å²) in [5.41, 5.74) is 2.44. The minimum Gasteiger partial charge on any atom is -0.349 e. The van der Waals surface area contributed by atoms with Gasteiger partial charge in [-0.2, -0.15) is 15.0 Å². The fourth-order valence-electron chi connectivity index (χ4n) is 3.38. The van der Waals surface area contributed by atoms with Crippen LogP contribution in [0.15, 0.2) is 48.5 Å². The molecule has 7 nitrogen and oxygen atoms in total. The molecule has 144 valence electrons. The van der Waals surface area contributed by atoms with Gasteiger partial charge in [0, 0.05) is 19.5 Å². The molecule has 0 bridgehead atoms. The second kappa shape index (κ2) is 7.75. The van der Waals surface area contributed by atoms with Crippen LogP contribution in [0.2, 0.25) is 0 Å². The van der Waals surface area contributed by atoms with Gasteiger partial charge >= 0.3 is 0 Å². The number of hydrogen-bond donors (Lipinski definition) is 1. The third-order valence-electron chi connectivity index (χ3n) is 4.78. The molecule has 1 fully saturated rings. The number of likely N-dealkylation sites (tertiary alicyclic amines) is 1. The Bertz CT molecular complexity index is 968. The number of amides is 2. The van der Waals surface area contributed by atoms with Crippen LogP contribution < -0.4 is 5.32 Å². The third kappa shape index (κ3) is 4.16. The van der Waals surface area contributed by atoms with E-state index in [0.29, 0.717) is 19.5 Å². The highest BCUT2D eigenvalue weighted by Crippen LogP contribution is 2.13. The van der Waals surface area contributed by atoms with Crippen molar-refractivity contribution >= 4 is 22.8 Å². The van der Waals surface area contributed by atoms with E-state index in [9.17, 15) is 14.0 Å². The maximum atomic E-state index is 13.0. The molecule has 0 aliphatic carbocycles. The molecule has 1 aliphatic rings. The zero-order valence-corrected chi connectivity index (χ0v) is 15.2. The van der Waals surface area contributed by atoms with Gasteiger partial charge in [0.05, 0.1) is 6.04 Å². The fourth-order valence-corrected chi connectivity index (χ4v) is 3.38. The first-order valence-electron chi connectivity index (χ1n) is 9.18. The Morgan fingerprint density at radius 2 is 1.79 bits per heavy atom. The monoisotopic (exact) mass is 381 g/mol. The normalized spacial score (nSPS) is 16.7.